The predicted molar refractivity (Wildman–Crippen MR) is 83.3 cm³/mol. The van der Waals surface area contributed by atoms with Crippen molar-refractivity contribution in [2.24, 2.45) is 0 Å². The highest BCUT2D eigenvalue weighted by atomic mass is 16.3. The number of carbonyl (C=O) groups is 1. The summed E-state index contributed by atoms with van der Waals surface area (Å²) < 4.78 is 5.26. The third-order valence-electron chi connectivity index (χ3n) is 3.33. The van der Waals surface area contributed by atoms with Crippen molar-refractivity contribution in [2.45, 2.75) is 6.92 Å². The molecule has 3 rings (SSSR count). The van der Waals surface area contributed by atoms with E-state index in [0.29, 0.717) is 5.69 Å². The molecule has 0 aliphatic rings. The molecule has 1 aromatic heterocycles. The van der Waals surface area contributed by atoms with Gasteiger partial charge in [0.05, 0.1) is 0 Å². The summed E-state index contributed by atoms with van der Waals surface area (Å²) in [5.41, 5.74) is 1.15. The Hall–Kier alpha value is -3.08. The van der Waals surface area contributed by atoms with E-state index >= 15 is 0 Å². The van der Waals surface area contributed by atoms with Gasteiger partial charge in [0.15, 0.2) is 0 Å². The topological polar surface area (TPSA) is 79.5 Å². The SMILES string of the molecule is Cc1ccc(NC(=O)c2coc3cccc(O)c3c2=O)cc1. The average Bonchev–Trinajstić information content (AvgIpc) is 2.50. The highest BCUT2D eigenvalue weighted by Gasteiger charge is 2.16. The maximum Gasteiger partial charge on any atom is 0.262 e. The van der Waals surface area contributed by atoms with E-state index in [1.165, 1.54) is 6.07 Å². The number of nitrogens with one attached hydrogen (secondary N) is 1. The molecule has 5 heteroatoms. The largest absolute Gasteiger partial charge is 0.507 e. The summed E-state index contributed by atoms with van der Waals surface area (Å²) in [6, 6.07) is 11.7. The standard InChI is InChI=1S/C17H13NO4/c1-10-5-7-11(8-6-10)18-17(21)12-9-22-14-4-2-3-13(19)15(14)16(12)20/h2-9,19H,1H3,(H,18,21). The van der Waals surface area contributed by atoms with Crippen molar-refractivity contribution in [3.8, 4) is 5.75 Å². The Morgan fingerprint density at radius 3 is 2.59 bits per heavy atom. The molecular weight excluding hydrogens is 282 g/mol. The second-order valence-electron chi connectivity index (χ2n) is 4.95. The lowest BCUT2D eigenvalue weighted by atomic mass is 10.1. The zero-order valence-corrected chi connectivity index (χ0v) is 11.8. The van der Waals surface area contributed by atoms with E-state index in [-0.39, 0.29) is 22.3 Å². The van der Waals surface area contributed by atoms with Crippen molar-refractivity contribution in [3.63, 3.8) is 0 Å². The lowest BCUT2D eigenvalue weighted by molar-refractivity contribution is 0.102. The Morgan fingerprint density at radius 1 is 1.14 bits per heavy atom. The van der Waals surface area contributed by atoms with Crippen molar-refractivity contribution < 1.29 is 14.3 Å². The quantitative estimate of drug-likeness (QED) is 0.761. The lowest BCUT2D eigenvalue weighted by Gasteiger charge is -2.06. The number of hydrogen-bond acceptors (Lipinski definition) is 4. The van der Waals surface area contributed by atoms with Crippen LogP contribution in [0.4, 0.5) is 5.69 Å². The fourth-order valence-corrected chi connectivity index (χ4v) is 2.15. The summed E-state index contributed by atoms with van der Waals surface area (Å²) in [5, 5.41) is 12.4. The van der Waals surface area contributed by atoms with E-state index in [9.17, 15) is 14.7 Å². The van der Waals surface area contributed by atoms with Crippen LogP contribution in [0.15, 0.2) is 57.9 Å². The molecule has 110 valence electrons. The van der Waals surface area contributed by atoms with Gasteiger partial charge in [0.1, 0.15) is 28.5 Å². The third-order valence-corrected chi connectivity index (χ3v) is 3.33. The molecule has 0 unspecified atom stereocenters. The van der Waals surface area contributed by atoms with Crippen molar-refractivity contribution in [3.05, 3.63) is 70.1 Å². The van der Waals surface area contributed by atoms with Gasteiger partial charge in [0.2, 0.25) is 5.43 Å². The minimum atomic E-state index is -0.581. The molecule has 0 aliphatic carbocycles. The molecule has 0 saturated heterocycles. The smallest absolute Gasteiger partial charge is 0.262 e. The van der Waals surface area contributed by atoms with Crippen LogP contribution in [-0.4, -0.2) is 11.0 Å². The van der Waals surface area contributed by atoms with Crippen LogP contribution in [0, 0.1) is 6.92 Å². The van der Waals surface area contributed by atoms with Gasteiger partial charge in [-0.3, -0.25) is 9.59 Å². The van der Waals surface area contributed by atoms with Crippen LogP contribution in [0.2, 0.25) is 0 Å². The zero-order chi connectivity index (χ0) is 15.7. The summed E-state index contributed by atoms with van der Waals surface area (Å²) in [4.78, 5) is 24.6. The first-order valence-corrected chi connectivity index (χ1v) is 6.68. The van der Waals surface area contributed by atoms with Crippen molar-refractivity contribution in [1.29, 1.82) is 0 Å². The highest BCUT2D eigenvalue weighted by Crippen LogP contribution is 2.21. The summed E-state index contributed by atoms with van der Waals surface area (Å²) in [7, 11) is 0. The molecule has 0 radical (unpaired) electrons. The van der Waals surface area contributed by atoms with Crippen LogP contribution >= 0.6 is 0 Å². The molecule has 0 bridgehead atoms. The molecule has 3 aromatic rings. The van der Waals surface area contributed by atoms with Crippen LogP contribution in [0.1, 0.15) is 15.9 Å². The number of aryl methyl sites for hydroxylation is 1. The Balaban J connectivity index is 2.01. The minimum absolute atomic E-state index is 0.000874. The molecule has 1 heterocycles. The van der Waals surface area contributed by atoms with Gasteiger partial charge in [-0.05, 0) is 31.2 Å². The number of benzene rings is 2. The molecule has 0 aliphatic heterocycles. The van der Waals surface area contributed by atoms with Gasteiger partial charge >= 0.3 is 0 Å². The summed E-state index contributed by atoms with van der Waals surface area (Å²) in [5.74, 6) is -0.793. The molecule has 1 amide bonds. The fraction of sp³-hybridized carbons (Fsp3) is 0.0588. The third kappa shape index (κ3) is 2.44. The minimum Gasteiger partial charge on any atom is -0.507 e. The Kier molecular flexibility index (Phi) is 3.39. The van der Waals surface area contributed by atoms with E-state index in [2.05, 4.69) is 5.32 Å². The summed E-state index contributed by atoms with van der Waals surface area (Å²) in [6.45, 7) is 1.94. The second-order valence-corrected chi connectivity index (χ2v) is 4.95. The summed E-state index contributed by atoms with van der Waals surface area (Å²) in [6.07, 6.45) is 1.10. The average molecular weight is 295 g/mol. The van der Waals surface area contributed by atoms with Gasteiger partial charge in [-0.15, -0.1) is 0 Å². The lowest BCUT2D eigenvalue weighted by Crippen LogP contribution is -2.21. The fourth-order valence-electron chi connectivity index (χ4n) is 2.15. The normalized spacial score (nSPS) is 10.6. The Morgan fingerprint density at radius 2 is 1.86 bits per heavy atom. The first-order valence-electron chi connectivity index (χ1n) is 6.68. The molecule has 22 heavy (non-hydrogen) atoms. The molecule has 2 aromatic carbocycles. The molecule has 2 N–H and O–H groups in total. The first kappa shape index (κ1) is 13.9. The molecule has 5 nitrogen and oxygen atoms in total. The number of amides is 1. The van der Waals surface area contributed by atoms with Gasteiger partial charge in [-0.1, -0.05) is 23.8 Å². The van der Waals surface area contributed by atoms with Crippen molar-refractivity contribution >= 4 is 22.6 Å². The van der Waals surface area contributed by atoms with Gasteiger partial charge in [0.25, 0.3) is 5.91 Å². The molecular formula is C17H13NO4. The van der Waals surface area contributed by atoms with Crippen LogP contribution in [0.3, 0.4) is 0 Å². The number of rotatable bonds is 2. The van der Waals surface area contributed by atoms with Gasteiger partial charge in [-0.2, -0.15) is 0 Å². The van der Waals surface area contributed by atoms with Gasteiger partial charge in [-0.25, -0.2) is 0 Å². The number of anilines is 1. The van der Waals surface area contributed by atoms with Crippen LogP contribution in [0.25, 0.3) is 11.0 Å². The summed E-state index contributed by atoms with van der Waals surface area (Å²) >= 11 is 0. The number of carbonyl (C=O) groups excluding carboxylic acids is 1. The number of phenolic OH excluding ortho intramolecular Hbond substituents is 1. The maximum absolute atomic E-state index is 12.4. The highest BCUT2D eigenvalue weighted by molar-refractivity contribution is 6.05. The van der Waals surface area contributed by atoms with Crippen LogP contribution < -0.4 is 10.7 Å². The maximum atomic E-state index is 12.4. The van der Waals surface area contributed by atoms with E-state index in [1.54, 1.807) is 24.3 Å². The predicted octanol–water partition coefficient (Wildman–Crippen LogP) is 3.06. The molecule has 0 fully saturated rings. The van der Waals surface area contributed by atoms with Crippen molar-refractivity contribution in [1.82, 2.24) is 0 Å². The number of aromatic hydroxyl groups is 1. The number of phenols is 1. The second kappa shape index (κ2) is 5.37. The Labute approximate surface area is 125 Å². The Bertz CT molecular complexity index is 910. The number of fused-ring (bicyclic) bond motifs is 1. The molecule has 0 saturated carbocycles. The van der Waals surface area contributed by atoms with Gasteiger partial charge < -0.3 is 14.8 Å². The monoisotopic (exact) mass is 295 g/mol. The van der Waals surface area contributed by atoms with Crippen LogP contribution in [0.5, 0.6) is 5.75 Å². The van der Waals surface area contributed by atoms with E-state index in [1.807, 2.05) is 19.1 Å². The first-order chi connectivity index (χ1) is 10.6. The molecule has 0 spiro atoms. The van der Waals surface area contributed by atoms with E-state index in [0.717, 1.165) is 11.8 Å². The molecule has 0 atom stereocenters. The van der Waals surface area contributed by atoms with E-state index < -0.39 is 11.3 Å². The van der Waals surface area contributed by atoms with Crippen molar-refractivity contribution in [2.75, 3.05) is 5.32 Å². The van der Waals surface area contributed by atoms with Crippen LogP contribution in [-0.2, 0) is 0 Å². The zero-order valence-electron chi connectivity index (χ0n) is 11.8. The number of hydrogen-bond donors (Lipinski definition) is 2. The van der Waals surface area contributed by atoms with E-state index in [4.69, 9.17) is 4.42 Å². The van der Waals surface area contributed by atoms with Gasteiger partial charge in [0, 0.05) is 5.69 Å².